The summed E-state index contributed by atoms with van der Waals surface area (Å²) < 4.78 is 12.2. The van der Waals surface area contributed by atoms with Crippen LogP contribution in [0.3, 0.4) is 0 Å². The zero-order chi connectivity index (χ0) is 19.9. The molecule has 0 amide bonds. The Kier molecular flexibility index (Phi) is 5.19. The van der Waals surface area contributed by atoms with E-state index >= 15 is 0 Å². The van der Waals surface area contributed by atoms with Crippen molar-refractivity contribution in [2.45, 2.75) is 57.8 Å². The lowest BCUT2D eigenvalue weighted by atomic mass is 9.79. The van der Waals surface area contributed by atoms with Gasteiger partial charge in [-0.1, -0.05) is 24.3 Å². The minimum Gasteiger partial charge on any atom is -0.399 e. The fraction of sp³-hybridized carbons (Fsp3) is 0.524. The van der Waals surface area contributed by atoms with E-state index in [4.69, 9.17) is 9.31 Å². The number of hydrogen-bond acceptors (Lipinski definition) is 5. The molecular formula is C21H30BN3O2. The maximum atomic E-state index is 6.09. The maximum absolute atomic E-state index is 6.09. The third kappa shape index (κ3) is 4.08. The van der Waals surface area contributed by atoms with E-state index in [1.807, 2.05) is 30.3 Å². The molecule has 3 rings (SSSR count). The van der Waals surface area contributed by atoms with E-state index in [2.05, 4.69) is 76.0 Å². The summed E-state index contributed by atoms with van der Waals surface area (Å²) >= 11 is 0. The number of benzene rings is 1. The molecular weight excluding hydrogens is 337 g/mol. The number of azo groups is 1. The molecule has 0 spiro atoms. The van der Waals surface area contributed by atoms with Gasteiger partial charge in [-0.25, -0.2) is 0 Å². The smallest absolute Gasteiger partial charge is 0.399 e. The van der Waals surface area contributed by atoms with Crippen molar-refractivity contribution in [1.29, 1.82) is 0 Å². The molecule has 1 aromatic rings. The largest absolute Gasteiger partial charge is 0.494 e. The Morgan fingerprint density at radius 2 is 1.52 bits per heavy atom. The van der Waals surface area contributed by atoms with Crippen LogP contribution < -0.4 is 5.46 Å². The van der Waals surface area contributed by atoms with Crippen LogP contribution in [-0.2, 0) is 9.31 Å². The van der Waals surface area contributed by atoms with Gasteiger partial charge in [0.2, 0.25) is 0 Å². The Balaban J connectivity index is 1.65. The topological polar surface area (TPSA) is 46.4 Å². The van der Waals surface area contributed by atoms with Crippen LogP contribution >= 0.6 is 0 Å². The molecule has 0 saturated carbocycles. The van der Waals surface area contributed by atoms with Crippen molar-refractivity contribution in [3.8, 4) is 0 Å². The Morgan fingerprint density at radius 1 is 0.926 bits per heavy atom. The Hall–Kier alpha value is -1.76. The van der Waals surface area contributed by atoms with E-state index in [1.54, 1.807) is 0 Å². The minimum absolute atomic E-state index is 0.0451. The number of likely N-dealkylation sites (N-methyl/N-ethyl adjacent to an activating group) is 1. The van der Waals surface area contributed by atoms with Crippen molar-refractivity contribution in [3.05, 3.63) is 48.2 Å². The van der Waals surface area contributed by atoms with E-state index in [-0.39, 0.29) is 23.9 Å². The molecule has 6 heteroatoms. The summed E-state index contributed by atoms with van der Waals surface area (Å²) in [6, 6.07) is 7.87. The highest BCUT2D eigenvalue weighted by Crippen LogP contribution is 2.36. The van der Waals surface area contributed by atoms with E-state index < -0.39 is 0 Å². The van der Waals surface area contributed by atoms with Crippen molar-refractivity contribution in [3.63, 3.8) is 0 Å². The molecule has 27 heavy (non-hydrogen) atoms. The summed E-state index contributed by atoms with van der Waals surface area (Å²) in [7, 11) is 3.83. The van der Waals surface area contributed by atoms with Crippen molar-refractivity contribution < 1.29 is 9.31 Å². The molecule has 1 aromatic carbocycles. The molecule has 0 aromatic heterocycles. The van der Waals surface area contributed by atoms with E-state index in [9.17, 15) is 0 Å². The van der Waals surface area contributed by atoms with Crippen molar-refractivity contribution in [2.24, 2.45) is 10.2 Å². The van der Waals surface area contributed by atoms with Gasteiger partial charge in [0.1, 0.15) is 0 Å². The summed E-state index contributed by atoms with van der Waals surface area (Å²) in [6.07, 6.45) is 7.27. The van der Waals surface area contributed by atoms with Crippen LogP contribution in [0.15, 0.2) is 58.4 Å². The summed E-state index contributed by atoms with van der Waals surface area (Å²) in [5.74, 6) is 0. The van der Waals surface area contributed by atoms with Gasteiger partial charge in [-0.05, 0) is 78.8 Å². The predicted molar refractivity (Wildman–Crippen MR) is 111 cm³/mol. The first kappa shape index (κ1) is 20.0. The zero-order valence-corrected chi connectivity index (χ0v) is 17.5. The van der Waals surface area contributed by atoms with Gasteiger partial charge >= 0.3 is 7.12 Å². The molecule has 1 fully saturated rings. The van der Waals surface area contributed by atoms with Crippen molar-refractivity contribution in [1.82, 2.24) is 4.90 Å². The van der Waals surface area contributed by atoms with Gasteiger partial charge in [-0.15, -0.1) is 0 Å². The third-order valence-electron chi connectivity index (χ3n) is 6.06. The minimum atomic E-state index is -0.353. The Labute approximate surface area is 163 Å². The lowest BCUT2D eigenvalue weighted by Crippen LogP contribution is -2.41. The second-order valence-electron chi connectivity index (χ2n) is 8.80. The molecule has 1 aliphatic carbocycles. The van der Waals surface area contributed by atoms with Crippen LogP contribution in [-0.4, -0.2) is 42.9 Å². The quantitative estimate of drug-likeness (QED) is 0.591. The van der Waals surface area contributed by atoms with Gasteiger partial charge < -0.3 is 14.2 Å². The fourth-order valence-corrected chi connectivity index (χ4v) is 2.91. The highest BCUT2D eigenvalue weighted by atomic mass is 16.7. The highest BCUT2D eigenvalue weighted by Gasteiger charge is 2.51. The van der Waals surface area contributed by atoms with Crippen LogP contribution in [0, 0.1) is 0 Å². The SMILES string of the molecule is CN(C)C1(C)C=CC(N=Nc2ccc(B3OC(C)(C)C(C)(C)O3)cc2)=CC1. The second kappa shape index (κ2) is 7.00. The first-order chi connectivity index (χ1) is 12.5. The maximum Gasteiger partial charge on any atom is 0.494 e. The molecule has 1 saturated heterocycles. The van der Waals surface area contributed by atoms with E-state index in [0.717, 1.165) is 23.3 Å². The average Bonchev–Trinajstić information content (AvgIpc) is 2.82. The zero-order valence-electron chi connectivity index (χ0n) is 17.5. The fourth-order valence-electron chi connectivity index (χ4n) is 2.91. The summed E-state index contributed by atoms with van der Waals surface area (Å²) in [5.41, 5.74) is 2.07. The number of allylic oxidation sites excluding steroid dienone is 1. The number of hydrogen-bond donors (Lipinski definition) is 0. The lowest BCUT2D eigenvalue weighted by Gasteiger charge is -2.34. The second-order valence-corrected chi connectivity index (χ2v) is 8.80. The standard InChI is InChI=1S/C21H30BN3O2/c1-19(2)20(3,4)27-22(26-19)16-8-10-17(11-9-16)23-24-18-12-14-21(5,15-13-18)25(6)7/h8-14H,15H2,1-7H3. The molecule has 144 valence electrons. The van der Waals surface area contributed by atoms with E-state index in [1.165, 1.54) is 0 Å². The molecule has 0 radical (unpaired) electrons. The third-order valence-corrected chi connectivity index (χ3v) is 6.06. The van der Waals surface area contributed by atoms with Crippen LogP contribution in [0.4, 0.5) is 5.69 Å². The Morgan fingerprint density at radius 3 is 2.00 bits per heavy atom. The summed E-state index contributed by atoms with van der Waals surface area (Å²) in [5, 5.41) is 8.73. The lowest BCUT2D eigenvalue weighted by molar-refractivity contribution is 0.00578. The van der Waals surface area contributed by atoms with Gasteiger partial charge in [-0.3, -0.25) is 0 Å². The molecule has 5 nitrogen and oxygen atoms in total. The van der Waals surface area contributed by atoms with Crippen LogP contribution in [0.25, 0.3) is 0 Å². The van der Waals surface area contributed by atoms with Gasteiger partial charge in [0.05, 0.1) is 22.6 Å². The van der Waals surface area contributed by atoms with Crippen molar-refractivity contribution >= 4 is 18.3 Å². The molecule has 0 N–H and O–H groups in total. The van der Waals surface area contributed by atoms with Crippen molar-refractivity contribution in [2.75, 3.05) is 14.1 Å². The molecule has 0 bridgehead atoms. The molecule has 1 unspecified atom stereocenters. The van der Waals surface area contributed by atoms with Gasteiger partial charge in [0.25, 0.3) is 0 Å². The molecule has 1 aliphatic heterocycles. The summed E-state index contributed by atoms with van der Waals surface area (Å²) in [4.78, 5) is 2.21. The average molecular weight is 367 g/mol. The van der Waals surface area contributed by atoms with Gasteiger partial charge in [0.15, 0.2) is 0 Å². The highest BCUT2D eigenvalue weighted by molar-refractivity contribution is 6.62. The first-order valence-electron chi connectivity index (χ1n) is 9.47. The van der Waals surface area contributed by atoms with Crippen LogP contribution in [0.5, 0.6) is 0 Å². The number of nitrogens with zero attached hydrogens (tertiary/aromatic N) is 3. The van der Waals surface area contributed by atoms with E-state index in [0.29, 0.717) is 0 Å². The first-order valence-corrected chi connectivity index (χ1v) is 9.47. The summed E-state index contributed by atoms with van der Waals surface area (Å²) in [6.45, 7) is 10.4. The Bertz CT molecular complexity index is 765. The van der Waals surface area contributed by atoms with Crippen LogP contribution in [0.1, 0.15) is 41.0 Å². The van der Waals surface area contributed by atoms with Gasteiger partial charge in [0, 0.05) is 5.54 Å². The van der Waals surface area contributed by atoms with Crippen LogP contribution in [0.2, 0.25) is 0 Å². The normalized spacial score (nSPS) is 26.8. The molecule has 1 heterocycles. The van der Waals surface area contributed by atoms with Gasteiger partial charge in [-0.2, -0.15) is 10.2 Å². The molecule has 1 atom stereocenters. The number of rotatable bonds is 4. The predicted octanol–water partition coefficient (Wildman–Crippen LogP) is 4.23. The molecule has 2 aliphatic rings. The monoisotopic (exact) mass is 367 g/mol.